The van der Waals surface area contributed by atoms with Crippen LogP contribution in [-0.2, 0) is 11.2 Å². The second-order valence-electron chi connectivity index (χ2n) is 8.85. The summed E-state index contributed by atoms with van der Waals surface area (Å²) in [5.74, 6) is 0.810. The standard InChI is InChI=1S/C25H26N4O3/c1-17(20-6-5-19-9-14-32-22(19)15-20)28-12-10-25(11-13-28)23(30)29(24(31)27(25)2)21-7-3-18(16-26)4-8-21/h3-8,15,17H,9-14H2,1-2H3/t17-/m0/s1. The maximum atomic E-state index is 13.5. The van der Waals surface area contributed by atoms with Crippen LogP contribution in [0.25, 0.3) is 0 Å². The summed E-state index contributed by atoms with van der Waals surface area (Å²) < 4.78 is 5.73. The minimum atomic E-state index is -0.817. The molecular weight excluding hydrogens is 404 g/mol. The number of hydrogen-bond donors (Lipinski definition) is 0. The maximum Gasteiger partial charge on any atom is 0.332 e. The molecule has 1 atom stereocenters. The van der Waals surface area contributed by atoms with E-state index in [2.05, 4.69) is 36.1 Å². The van der Waals surface area contributed by atoms with Gasteiger partial charge in [0.05, 0.1) is 23.9 Å². The molecule has 2 saturated heterocycles. The Morgan fingerprint density at radius 3 is 2.50 bits per heavy atom. The summed E-state index contributed by atoms with van der Waals surface area (Å²) in [4.78, 5) is 31.8. The Hall–Kier alpha value is -3.37. The van der Waals surface area contributed by atoms with E-state index in [0.29, 0.717) is 24.1 Å². The largest absolute Gasteiger partial charge is 0.493 e. The van der Waals surface area contributed by atoms with Crippen molar-refractivity contribution in [3.8, 4) is 11.8 Å². The van der Waals surface area contributed by atoms with Gasteiger partial charge in [-0.1, -0.05) is 12.1 Å². The second kappa shape index (κ2) is 7.64. The van der Waals surface area contributed by atoms with Gasteiger partial charge in [-0.15, -0.1) is 0 Å². The zero-order valence-electron chi connectivity index (χ0n) is 18.4. The Labute approximate surface area is 187 Å². The highest BCUT2D eigenvalue weighted by atomic mass is 16.5. The summed E-state index contributed by atoms with van der Waals surface area (Å²) in [5, 5.41) is 9.02. The number of fused-ring (bicyclic) bond motifs is 1. The van der Waals surface area contributed by atoms with E-state index in [-0.39, 0.29) is 18.0 Å². The minimum absolute atomic E-state index is 0.173. The lowest BCUT2D eigenvalue weighted by Gasteiger charge is -2.43. The van der Waals surface area contributed by atoms with Crippen molar-refractivity contribution in [2.75, 3.05) is 31.6 Å². The van der Waals surface area contributed by atoms with Crippen molar-refractivity contribution in [2.45, 2.75) is 37.8 Å². The summed E-state index contributed by atoms with van der Waals surface area (Å²) in [6.45, 7) is 4.38. The van der Waals surface area contributed by atoms with Crippen LogP contribution in [0.2, 0.25) is 0 Å². The van der Waals surface area contributed by atoms with Crippen molar-refractivity contribution in [1.82, 2.24) is 9.80 Å². The van der Waals surface area contributed by atoms with E-state index in [1.165, 1.54) is 16.0 Å². The molecule has 0 aliphatic carbocycles. The quantitative estimate of drug-likeness (QED) is 0.697. The van der Waals surface area contributed by atoms with Crippen molar-refractivity contribution in [2.24, 2.45) is 0 Å². The fraction of sp³-hybridized carbons (Fsp3) is 0.400. The van der Waals surface area contributed by atoms with E-state index in [9.17, 15) is 9.59 Å². The van der Waals surface area contributed by atoms with Gasteiger partial charge in [-0.2, -0.15) is 5.26 Å². The van der Waals surface area contributed by atoms with E-state index < -0.39 is 5.54 Å². The summed E-state index contributed by atoms with van der Waals surface area (Å²) in [5.41, 5.74) is 2.66. The lowest BCUT2D eigenvalue weighted by molar-refractivity contribution is -0.127. The molecule has 0 bridgehead atoms. The molecule has 0 unspecified atom stereocenters. The van der Waals surface area contributed by atoms with Gasteiger partial charge >= 0.3 is 6.03 Å². The monoisotopic (exact) mass is 430 g/mol. The molecule has 3 aliphatic rings. The molecule has 2 aromatic rings. The molecule has 7 heteroatoms. The zero-order valence-corrected chi connectivity index (χ0v) is 18.4. The molecule has 2 aromatic carbocycles. The number of anilines is 1. The predicted molar refractivity (Wildman–Crippen MR) is 119 cm³/mol. The van der Waals surface area contributed by atoms with Crippen LogP contribution in [0.1, 0.15) is 42.5 Å². The molecule has 0 aromatic heterocycles. The van der Waals surface area contributed by atoms with Crippen LogP contribution in [0.15, 0.2) is 42.5 Å². The molecule has 7 nitrogen and oxygen atoms in total. The van der Waals surface area contributed by atoms with Gasteiger partial charge in [-0.05, 0) is 61.2 Å². The first-order valence-electron chi connectivity index (χ1n) is 11.1. The number of nitrogens with zero attached hydrogens (tertiary/aromatic N) is 4. The third-order valence-electron chi connectivity index (χ3n) is 7.35. The Bertz CT molecular complexity index is 1110. The topological polar surface area (TPSA) is 76.9 Å². The number of imide groups is 1. The van der Waals surface area contributed by atoms with Crippen molar-refractivity contribution in [3.05, 3.63) is 59.2 Å². The zero-order chi connectivity index (χ0) is 22.5. The molecule has 3 amide bonds. The fourth-order valence-corrected chi connectivity index (χ4v) is 5.17. The maximum absolute atomic E-state index is 13.5. The Morgan fingerprint density at radius 2 is 1.81 bits per heavy atom. The van der Waals surface area contributed by atoms with Crippen LogP contribution in [0.4, 0.5) is 10.5 Å². The predicted octanol–water partition coefficient (Wildman–Crippen LogP) is 3.49. The number of carbonyl (C=O) groups is 2. The van der Waals surface area contributed by atoms with Gasteiger partial charge < -0.3 is 9.64 Å². The highest BCUT2D eigenvalue weighted by Gasteiger charge is 2.57. The first-order valence-corrected chi connectivity index (χ1v) is 11.1. The molecular formula is C25H26N4O3. The molecule has 0 saturated carbocycles. The van der Waals surface area contributed by atoms with Crippen molar-refractivity contribution < 1.29 is 14.3 Å². The van der Waals surface area contributed by atoms with E-state index in [4.69, 9.17) is 10.00 Å². The summed E-state index contributed by atoms with van der Waals surface area (Å²) in [7, 11) is 1.72. The average Bonchev–Trinajstić information content (AvgIpc) is 3.37. The van der Waals surface area contributed by atoms with Crippen LogP contribution < -0.4 is 9.64 Å². The summed E-state index contributed by atoms with van der Waals surface area (Å²) in [6.07, 6.45) is 2.15. The third kappa shape index (κ3) is 3.06. The molecule has 0 radical (unpaired) electrons. The van der Waals surface area contributed by atoms with Crippen LogP contribution in [0.3, 0.4) is 0 Å². The summed E-state index contributed by atoms with van der Waals surface area (Å²) >= 11 is 0. The number of piperidine rings is 1. The van der Waals surface area contributed by atoms with Crippen molar-refractivity contribution in [3.63, 3.8) is 0 Å². The first-order chi connectivity index (χ1) is 15.4. The van der Waals surface area contributed by atoms with Crippen molar-refractivity contribution in [1.29, 1.82) is 5.26 Å². The number of hydrogen-bond acceptors (Lipinski definition) is 5. The Kier molecular flexibility index (Phi) is 4.90. The molecule has 0 N–H and O–H groups in total. The third-order valence-corrected chi connectivity index (χ3v) is 7.35. The molecule has 3 heterocycles. The van der Waals surface area contributed by atoms with Gasteiger partial charge in [0.2, 0.25) is 0 Å². The molecule has 3 aliphatic heterocycles. The second-order valence-corrected chi connectivity index (χ2v) is 8.85. The van der Waals surface area contributed by atoms with Gasteiger partial charge in [0, 0.05) is 32.6 Å². The lowest BCUT2D eigenvalue weighted by Crippen LogP contribution is -2.55. The van der Waals surface area contributed by atoms with Gasteiger partial charge in [0.15, 0.2) is 0 Å². The van der Waals surface area contributed by atoms with E-state index >= 15 is 0 Å². The lowest BCUT2D eigenvalue weighted by atomic mass is 9.85. The van der Waals surface area contributed by atoms with Crippen LogP contribution in [0.5, 0.6) is 5.75 Å². The average molecular weight is 431 g/mol. The highest BCUT2D eigenvalue weighted by Crippen LogP contribution is 2.40. The molecule has 2 fully saturated rings. The Balaban J connectivity index is 1.33. The van der Waals surface area contributed by atoms with Gasteiger partial charge in [-0.3, -0.25) is 9.69 Å². The van der Waals surface area contributed by atoms with E-state index in [1.54, 1.807) is 36.2 Å². The number of amides is 3. The van der Waals surface area contributed by atoms with E-state index in [1.807, 2.05) is 0 Å². The molecule has 32 heavy (non-hydrogen) atoms. The first kappa shape index (κ1) is 20.5. The Morgan fingerprint density at radius 1 is 1.09 bits per heavy atom. The number of carbonyl (C=O) groups excluding carboxylic acids is 2. The van der Waals surface area contributed by atoms with Crippen LogP contribution in [-0.4, -0.2) is 54.0 Å². The number of nitriles is 1. The molecule has 1 spiro atoms. The van der Waals surface area contributed by atoms with Crippen molar-refractivity contribution >= 4 is 17.6 Å². The fourth-order valence-electron chi connectivity index (χ4n) is 5.17. The number of rotatable bonds is 3. The van der Waals surface area contributed by atoms with Gasteiger partial charge in [0.1, 0.15) is 11.3 Å². The number of urea groups is 1. The number of likely N-dealkylation sites (tertiary alicyclic amines) is 1. The van der Waals surface area contributed by atoms with Gasteiger partial charge in [-0.25, -0.2) is 9.69 Å². The molecule has 5 rings (SSSR count). The van der Waals surface area contributed by atoms with Gasteiger partial charge in [0.25, 0.3) is 5.91 Å². The molecule has 164 valence electrons. The number of ether oxygens (including phenoxy) is 1. The normalized spacial score (nSPS) is 20.9. The summed E-state index contributed by atoms with van der Waals surface area (Å²) in [6, 6.07) is 15.0. The van der Waals surface area contributed by atoms with Crippen LogP contribution >= 0.6 is 0 Å². The number of benzene rings is 2. The highest BCUT2D eigenvalue weighted by molar-refractivity contribution is 6.23. The smallest absolute Gasteiger partial charge is 0.332 e. The van der Waals surface area contributed by atoms with Crippen LogP contribution in [0, 0.1) is 11.3 Å². The minimum Gasteiger partial charge on any atom is -0.493 e. The SMILES string of the molecule is C[C@@H](c1ccc2c(c1)OCC2)N1CCC2(CC1)C(=O)N(c1ccc(C#N)cc1)C(=O)N2C. The van der Waals surface area contributed by atoms with E-state index in [0.717, 1.165) is 31.9 Å². The number of likely N-dealkylation sites (N-methyl/N-ethyl adjacent to an activating group) is 1.